The van der Waals surface area contributed by atoms with Crippen LogP contribution in [0.4, 0.5) is 0 Å². The zero-order valence-electron chi connectivity index (χ0n) is 16.6. The Hall–Kier alpha value is -3.72. The summed E-state index contributed by atoms with van der Waals surface area (Å²) < 4.78 is 18.1. The number of aromatic nitrogens is 1. The summed E-state index contributed by atoms with van der Waals surface area (Å²) in [5, 5.41) is 18.4. The number of methoxy groups -OCH3 is 3. The lowest BCUT2D eigenvalue weighted by atomic mass is 9.92. The molecule has 3 aromatic rings. The van der Waals surface area contributed by atoms with Crippen molar-refractivity contribution in [3.63, 3.8) is 0 Å². The maximum Gasteiger partial charge on any atom is 0.161 e. The van der Waals surface area contributed by atoms with Gasteiger partial charge < -0.3 is 18.8 Å². The second kappa shape index (κ2) is 7.36. The summed E-state index contributed by atoms with van der Waals surface area (Å²) in [5.41, 5.74) is 5.19. The third-order valence-electron chi connectivity index (χ3n) is 5.35. The predicted molar refractivity (Wildman–Crippen MR) is 109 cm³/mol. The van der Waals surface area contributed by atoms with Crippen LogP contribution in [0, 0.1) is 16.7 Å². The van der Waals surface area contributed by atoms with Crippen LogP contribution in [0.2, 0.25) is 0 Å². The highest BCUT2D eigenvalue weighted by Crippen LogP contribution is 2.39. The van der Waals surface area contributed by atoms with E-state index in [2.05, 4.69) is 6.07 Å². The maximum atomic E-state index is 9.76. The van der Waals surface area contributed by atoms with Crippen LogP contribution in [0.5, 0.6) is 17.2 Å². The number of rotatable bonds is 4. The van der Waals surface area contributed by atoms with Crippen molar-refractivity contribution in [3.8, 4) is 45.7 Å². The number of benzene rings is 2. The highest BCUT2D eigenvalue weighted by Gasteiger charge is 2.23. The van der Waals surface area contributed by atoms with Gasteiger partial charge in [0.25, 0.3) is 0 Å². The molecule has 0 bridgehead atoms. The van der Waals surface area contributed by atoms with Gasteiger partial charge in [0.05, 0.1) is 27.0 Å². The van der Waals surface area contributed by atoms with Crippen LogP contribution >= 0.6 is 0 Å². The molecule has 2 aromatic carbocycles. The topological polar surface area (TPSA) is 80.3 Å². The van der Waals surface area contributed by atoms with Gasteiger partial charge in [-0.2, -0.15) is 5.26 Å². The van der Waals surface area contributed by atoms with Gasteiger partial charge in [0.1, 0.15) is 22.9 Å². The van der Waals surface area contributed by atoms with Gasteiger partial charge in [-0.25, -0.2) is 0 Å². The predicted octanol–water partition coefficient (Wildman–Crippen LogP) is 3.76. The third-order valence-corrected chi connectivity index (χ3v) is 5.35. The average molecular weight is 387 g/mol. The quantitative estimate of drug-likeness (QED) is 0.739. The first kappa shape index (κ1) is 18.6. The Morgan fingerprint density at radius 2 is 1.62 bits per heavy atom. The van der Waals surface area contributed by atoms with Crippen molar-refractivity contribution >= 4 is 0 Å². The number of nitriles is 1. The molecular weight excluding hydrogens is 366 g/mol. The van der Waals surface area contributed by atoms with E-state index in [4.69, 9.17) is 19.6 Å². The molecule has 1 aliphatic rings. The van der Waals surface area contributed by atoms with Crippen molar-refractivity contribution in [3.05, 3.63) is 59.1 Å². The van der Waals surface area contributed by atoms with Crippen LogP contribution in [0.25, 0.3) is 22.4 Å². The minimum absolute atomic E-state index is 0.219. The van der Waals surface area contributed by atoms with Crippen molar-refractivity contribution in [1.29, 1.82) is 10.7 Å². The molecule has 29 heavy (non-hydrogen) atoms. The standard InChI is InChI=1S/C23H21N3O3/c1-27-16-6-4-14(5-7-16)17-11-20-18-12-22(29-3)21(28-2)10-15(18)8-9-26(20)23(25)19(17)13-24/h4-7,10-12,25H,8-9H2,1-3H3. The van der Waals surface area contributed by atoms with E-state index in [1.807, 2.05) is 47.0 Å². The number of aryl methyl sites for hydroxylation is 1. The molecule has 0 atom stereocenters. The van der Waals surface area contributed by atoms with Crippen molar-refractivity contribution in [2.24, 2.45) is 0 Å². The van der Waals surface area contributed by atoms with Crippen molar-refractivity contribution < 1.29 is 14.2 Å². The molecule has 146 valence electrons. The fraction of sp³-hybridized carbons (Fsp3) is 0.217. The normalized spacial score (nSPS) is 11.8. The van der Waals surface area contributed by atoms with Crippen LogP contribution in [0.15, 0.2) is 42.5 Å². The zero-order valence-corrected chi connectivity index (χ0v) is 16.6. The van der Waals surface area contributed by atoms with E-state index in [0.29, 0.717) is 23.6 Å². The van der Waals surface area contributed by atoms with Gasteiger partial charge in [0, 0.05) is 17.7 Å². The summed E-state index contributed by atoms with van der Waals surface area (Å²) in [6.45, 7) is 0.633. The Balaban J connectivity index is 1.97. The summed E-state index contributed by atoms with van der Waals surface area (Å²) in [6.07, 6.45) is 0.756. The molecule has 0 unspecified atom stereocenters. The Labute approximate surface area is 169 Å². The first-order valence-electron chi connectivity index (χ1n) is 9.23. The van der Waals surface area contributed by atoms with E-state index < -0.39 is 0 Å². The number of hydrogen-bond donors (Lipinski definition) is 1. The molecule has 0 radical (unpaired) electrons. The van der Waals surface area contributed by atoms with E-state index in [-0.39, 0.29) is 5.49 Å². The van der Waals surface area contributed by atoms with E-state index in [1.54, 1.807) is 21.3 Å². The molecule has 0 fully saturated rings. The number of ether oxygens (including phenoxy) is 3. The van der Waals surface area contributed by atoms with Crippen molar-refractivity contribution in [2.45, 2.75) is 13.0 Å². The average Bonchev–Trinajstić information content (AvgIpc) is 2.77. The molecular formula is C23H21N3O3. The smallest absolute Gasteiger partial charge is 0.161 e. The molecule has 6 nitrogen and oxygen atoms in total. The van der Waals surface area contributed by atoms with E-state index in [0.717, 1.165) is 40.1 Å². The van der Waals surface area contributed by atoms with Gasteiger partial charge in [-0.3, -0.25) is 5.41 Å². The molecule has 1 aromatic heterocycles. The minimum atomic E-state index is 0.219. The van der Waals surface area contributed by atoms with Gasteiger partial charge >= 0.3 is 0 Å². The highest BCUT2D eigenvalue weighted by molar-refractivity contribution is 5.78. The van der Waals surface area contributed by atoms with Gasteiger partial charge in [-0.05, 0) is 47.9 Å². The fourth-order valence-electron chi connectivity index (χ4n) is 3.84. The minimum Gasteiger partial charge on any atom is -0.497 e. The highest BCUT2D eigenvalue weighted by atomic mass is 16.5. The number of fused-ring (bicyclic) bond motifs is 3. The molecule has 0 saturated heterocycles. The van der Waals surface area contributed by atoms with Gasteiger partial charge in [-0.15, -0.1) is 0 Å². The lowest BCUT2D eigenvalue weighted by molar-refractivity contribution is 0.354. The number of nitrogens with one attached hydrogen (secondary N) is 1. The monoisotopic (exact) mass is 387 g/mol. The van der Waals surface area contributed by atoms with Crippen LogP contribution in [-0.4, -0.2) is 25.9 Å². The SMILES string of the molecule is COc1ccc(-c2cc3n(c(=N)c2C#N)CCc2cc(OC)c(OC)cc2-3)cc1. The fourth-order valence-corrected chi connectivity index (χ4v) is 3.84. The second-order valence-corrected chi connectivity index (χ2v) is 6.77. The lowest BCUT2D eigenvalue weighted by Gasteiger charge is -2.25. The largest absolute Gasteiger partial charge is 0.497 e. The Kier molecular flexibility index (Phi) is 4.73. The molecule has 0 spiro atoms. The zero-order chi connectivity index (χ0) is 20.5. The van der Waals surface area contributed by atoms with Crippen LogP contribution in [0.3, 0.4) is 0 Å². The lowest BCUT2D eigenvalue weighted by Crippen LogP contribution is -2.28. The number of nitrogens with zero attached hydrogens (tertiary/aromatic N) is 2. The summed E-state index contributed by atoms with van der Waals surface area (Å²) in [6, 6.07) is 15.7. The molecule has 2 heterocycles. The summed E-state index contributed by atoms with van der Waals surface area (Å²) in [5.74, 6) is 2.07. The second-order valence-electron chi connectivity index (χ2n) is 6.77. The van der Waals surface area contributed by atoms with E-state index >= 15 is 0 Å². The molecule has 0 aliphatic carbocycles. The van der Waals surface area contributed by atoms with Crippen LogP contribution in [0.1, 0.15) is 11.1 Å². The molecule has 1 N–H and O–H groups in total. The molecule has 0 saturated carbocycles. The van der Waals surface area contributed by atoms with Gasteiger partial charge in [0.2, 0.25) is 0 Å². The molecule has 1 aliphatic heterocycles. The molecule has 4 rings (SSSR count). The van der Waals surface area contributed by atoms with Crippen LogP contribution in [-0.2, 0) is 13.0 Å². The first-order chi connectivity index (χ1) is 14.1. The third kappa shape index (κ3) is 3.01. The molecule has 0 amide bonds. The van der Waals surface area contributed by atoms with Gasteiger partial charge in [-0.1, -0.05) is 12.1 Å². The Bertz CT molecular complexity index is 1190. The van der Waals surface area contributed by atoms with Crippen molar-refractivity contribution in [1.82, 2.24) is 4.57 Å². The Morgan fingerprint density at radius 1 is 0.931 bits per heavy atom. The molecule has 6 heteroatoms. The van der Waals surface area contributed by atoms with E-state index in [1.165, 1.54) is 0 Å². The summed E-state index contributed by atoms with van der Waals surface area (Å²) in [7, 11) is 4.85. The first-order valence-corrected chi connectivity index (χ1v) is 9.23. The Morgan fingerprint density at radius 3 is 2.24 bits per heavy atom. The maximum absolute atomic E-state index is 9.76. The van der Waals surface area contributed by atoms with Crippen molar-refractivity contribution in [2.75, 3.05) is 21.3 Å². The van der Waals surface area contributed by atoms with Crippen LogP contribution < -0.4 is 19.7 Å². The number of pyridine rings is 1. The number of hydrogen-bond acceptors (Lipinski definition) is 5. The summed E-state index contributed by atoms with van der Waals surface area (Å²) >= 11 is 0. The summed E-state index contributed by atoms with van der Waals surface area (Å²) in [4.78, 5) is 0. The van der Waals surface area contributed by atoms with Gasteiger partial charge in [0.15, 0.2) is 11.5 Å². The van der Waals surface area contributed by atoms with E-state index in [9.17, 15) is 5.26 Å².